The van der Waals surface area contributed by atoms with Crippen LogP contribution in [0, 0.1) is 0 Å². The summed E-state index contributed by atoms with van der Waals surface area (Å²) in [6, 6.07) is 4.06. The molecular weight excluding hydrogens is 228 g/mol. The molecule has 1 unspecified atom stereocenters. The van der Waals surface area contributed by atoms with Crippen molar-refractivity contribution >= 4 is 11.7 Å². The van der Waals surface area contributed by atoms with Gasteiger partial charge in [0.1, 0.15) is 5.82 Å². The van der Waals surface area contributed by atoms with Crippen LogP contribution in [0.3, 0.4) is 0 Å². The van der Waals surface area contributed by atoms with E-state index < -0.39 is 0 Å². The Labute approximate surface area is 107 Å². The summed E-state index contributed by atoms with van der Waals surface area (Å²) in [5.74, 6) is 0.593. The number of nitrogens with one attached hydrogen (secondary N) is 3. The fourth-order valence-electron chi connectivity index (χ4n) is 2.02. The van der Waals surface area contributed by atoms with Crippen molar-refractivity contribution in [3.8, 4) is 0 Å². The van der Waals surface area contributed by atoms with Gasteiger partial charge in [-0.05, 0) is 38.9 Å². The van der Waals surface area contributed by atoms with Crippen molar-refractivity contribution < 1.29 is 4.79 Å². The smallest absolute Gasteiger partial charge is 0.255 e. The van der Waals surface area contributed by atoms with Crippen LogP contribution in [0.25, 0.3) is 0 Å². The van der Waals surface area contributed by atoms with Crippen LogP contribution in [0.15, 0.2) is 18.3 Å². The fraction of sp³-hybridized carbons (Fsp3) is 0.538. The van der Waals surface area contributed by atoms with Gasteiger partial charge in [0.15, 0.2) is 0 Å². The summed E-state index contributed by atoms with van der Waals surface area (Å²) < 4.78 is 0. The molecule has 5 heteroatoms. The Kier molecular flexibility index (Phi) is 4.15. The highest BCUT2D eigenvalue weighted by Gasteiger charge is 2.19. The Bertz CT molecular complexity index is 413. The Hall–Kier alpha value is -1.62. The molecule has 1 aliphatic heterocycles. The summed E-state index contributed by atoms with van der Waals surface area (Å²) >= 11 is 0. The number of rotatable bonds is 4. The third-order valence-electron chi connectivity index (χ3n) is 2.87. The van der Waals surface area contributed by atoms with Crippen molar-refractivity contribution in [2.45, 2.75) is 32.4 Å². The molecule has 1 amide bonds. The van der Waals surface area contributed by atoms with Gasteiger partial charge in [-0.3, -0.25) is 4.79 Å². The van der Waals surface area contributed by atoms with E-state index in [1.54, 1.807) is 18.3 Å². The second kappa shape index (κ2) is 5.82. The van der Waals surface area contributed by atoms with Crippen molar-refractivity contribution in [2.75, 3.05) is 18.4 Å². The van der Waals surface area contributed by atoms with Gasteiger partial charge in [-0.1, -0.05) is 0 Å². The topological polar surface area (TPSA) is 66.0 Å². The first kappa shape index (κ1) is 12.8. The van der Waals surface area contributed by atoms with Gasteiger partial charge in [0, 0.05) is 24.8 Å². The van der Waals surface area contributed by atoms with E-state index in [2.05, 4.69) is 20.9 Å². The molecule has 0 aromatic carbocycles. The molecule has 18 heavy (non-hydrogen) atoms. The van der Waals surface area contributed by atoms with E-state index in [-0.39, 0.29) is 18.0 Å². The largest absolute Gasteiger partial charge is 0.367 e. The third-order valence-corrected chi connectivity index (χ3v) is 2.87. The Morgan fingerprint density at radius 3 is 3.06 bits per heavy atom. The number of carbonyl (C=O) groups excluding carboxylic acids is 1. The molecule has 2 rings (SSSR count). The summed E-state index contributed by atoms with van der Waals surface area (Å²) in [5.41, 5.74) is 0.609. The lowest BCUT2D eigenvalue weighted by Crippen LogP contribution is -2.36. The van der Waals surface area contributed by atoms with E-state index in [1.807, 2.05) is 13.8 Å². The van der Waals surface area contributed by atoms with Gasteiger partial charge in [0.25, 0.3) is 5.91 Å². The molecule has 1 saturated heterocycles. The Morgan fingerprint density at radius 2 is 2.39 bits per heavy atom. The van der Waals surface area contributed by atoms with Gasteiger partial charge in [0.05, 0.1) is 5.56 Å². The van der Waals surface area contributed by atoms with Crippen LogP contribution in [-0.4, -0.2) is 36.1 Å². The number of hydrogen-bond acceptors (Lipinski definition) is 4. The summed E-state index contributed by atoms with van der Waals surface area (Å²) in [7, 11) is 0. The molecule has 1 aromatic rings. The zero-order valence-electron chi connectivity index (χ0n) is 10.9. The van der Waals surface area contributed by atoms with E-state index in [0.29, 0.717) is 11.4 Å². The molecule has 0 aliphatic carbocycles. The van der Waals surface area contributed by atoms with Crippen molar-refractivity contribution in [2.24, 2.45) is 0 Å². The summed E-state index contributed by atoms with van der Waals surface area (Å²) in [5, 5.41) is 9.45. The molecule has 0 saturated carbocycles. The van der Waals surface area contributed by atoms with E-state index in [4.69, 9.17) is 0 Å². The monoisotopic (exact) mass is 248 g/mol. The highest BCUT2D eigenvalue weighted by Crippen LogP contribution is 2.13. The van der Waals surface area contributed by atoms with Crippen LogP contribution in [0.1, 0.15) is 30.6 Å². The third kappa shape index (κ3) is 3.20. The van der Waals surface area contributed by atoms with E-state index in [9.17, 15) is 4.79 Å². The van der Waals surface area contributed by atoms with Crippen LogP contribution < -0.4 is 16.0 Å². The van der Waals surface area contributed by atoms with Crippen LogP contribution in [0.2, 0.25) is 0 Å². The Balaban J connectivity index is 2.08. The highest BCUT2D eigenvalue weighted by atomic mass is 16.1. The van der Waals surface area contributed by atoms with Gasteiger partial charge in [-0.15, -0.1) is 0 Å². The first-order valence-electron chi connectivity index (χ1n) is 6.40. The average Bonchev–Trinajstić information content (AvgIpc) is 2.81. The SMILES string of the molecule is CC(C)Nc1ncccc1C(=O)NC1CCNC1. The van der Waals surface area contributed by atoms with Crippen molar-refractivity contribution in [3.63, 3.8) is 0 Å². The number of nitrogens with zero attached hydrogens (tertiary/aromatic N) is 1. The normalized spacial score (nSPS) is 18.9. The lowest BCUT2D eigenvalue weighted by Gasteiger charge is -2.15. The minimum Gasteiger partial charge on any atom is -0.367 e. The summed E-state index contributed by atoms with van der Waals surface area (Å²) in [6.07, 6.45) is 2.68. The molecule has 0 radical (unpaired) electrons. The second-order valence-electron chi connectivity index (χ2n) is 4.86. The number of pyridine rings is 1. The van der Waals surface area contributed by atoms with E-state index >= 15 is 0 Å². The lowest BCUT2D eigenvalue weighted by molar-refractivity contribution is 0.0940. The maximum atomic E-state index is 12.2. The van der Waals surface area contributed by atoms with Crippen LogP contribution in [-0.2, 0) is 0 Å². The van der Waals surface area contributed by atoms with Crippen molar-refractivity contribution in [3.05, 3.63) is 23.9 Å². The summed E-state index contributed by atoms with van der Waals surface area (Å²) in [6.45, 7) is 5.86. The molecule has 2 heterocycles. The summed E-state index contributed by atoms with van der Waals surface area (Å²) in [4.78, 5) is 16.4. The van der Waals surface area contributed by atoms with Gasteiger partial charge in [-0.25, -0.2) is 4.98 Å². The molecule has 1 aliphatic rings. The van der Waals surface area contributed by atoms with Crippen LogP contribution in [0.5, 0.6) is 0 Å². The minimum atomic E-state index is -0.0556. The number of amides is 1. The molecule has 98 valence electrons. The predicted molar refractivity (Wildman–Crippen MR) is 71.7 cm³/mol. The maximum Gasteiger partial charge on any atom is 0.255 e. The standard InChI is InChI=1S/C13H20N4O/c1-9(2)16-12-11(4-3-6-15-12)13(18)17-10-5-7-14-8-10/h3-4,6,9-10,14H,5,7-8H2,1-2H3,(H,15,16)(H,17,18). The van der Waals surface area contributed by atoms with Crippen molar-refractivity contribution in [1.82, 2.24) is 15.6 Å². The van der Waals surface area contributed by atoms with Gasteiger partial charge >= 0.3 is 0 Å². The molecule has 1 aromatic heterocycles. The fourth-order valence-corrected chi connectivity index (χ4v) is 2.02. The number of hydrogen-bond donors (Lipinski definition) is 3. The molecular formula is C13H20N4O. The van der Waals surface area contributed by atoms with Crippen LogP contribution in [0.4, 0.5) is 5.82 Å². The number of carbonyl (C=O) groups is 1. The molecule has 0 bridgehead atoms. The van der Waals surface area contributed by atoms with Crippen LogP contribution >= 0.6 is 0 Å². The van der Waals surface area contributed by atoms with Gasteiger partial charge in [-0.2, -0.15) is 0 Å². The lowest BCUT2D eigenvalue weighted by atomic mass is 10.2. The number of anilines is 1. The first-order valence-corrected chi connectivity index (χ1v) is 6.40. The molecule has 1 atom stereocenters. The second-order valence-corrected chi connectivity index (χ2v) is 4.86. The van der Waals surface area contributed by atoms with Gasteiger partial charge in [0.2, 0.25) is 0 Å². The Morgan fingerprint density at radius 1 is 1.56 bits per heavy atom. The van der Waals surface area contributed by atoms with Gasteiger partial charge < -0.3 is 16.0 Å². The molecule has 5 nitrogen and oxygen atoms in total. The maximum absolute atomic E-state index is 12.2. The first-order chi connectivity index (χ1) is 8.66. The highest BCUT2D eigenvalue weighted by molar-refractivity contribution is 5.98. The average molecular weight is 248 g/mol. The quantitative estimate of drug-likeness (QED) is 0.743. The van der Waals surface area contributed by atoms with Crippen molar-refractivity contribution in [1.29, 1.82) is 0 Å². The van der Waals surface area contributed by atoms with E-state index in [0.717, 1.165) is 19.5 Å². The number of aromatic nitrogens is 1. The zero-order valence-corrected chi connectivity index (χ0v) is 10.9. The minimum absolute atomic E-state index is 0.0556. The molecule has 0 spiro atoms. The molecule has 3 N–H and O–H groups in total. The van der Waals surface area contributed by atoms with E-state index in [1.165, 1.54) is 0 Å². The molecule has 1 fully saturated rings. The predicted octanol–water partition coefficient (Wildman–Crippen LogP) is 0.994. The zero-order chi connectivity index (χ0) is 13.0.